The van der Waals surface area contributed by atoms with E-state index in [-0.39, 0.29) is 30.4 Å². The van der Waals surface area contributed by atoms with E-state index in [1.54, 1.807) is 0 Å². The summed E-state index contributed by atoms with van der Waals surface area (Å²) in [5.74, 6) is 0.187. The van der Waals surface area contributed by atoms with E-state index in [0.717, 1.165) is 38.9 Å². The van der Waals surface area contributed by atoms with Crippen LogP contribution in [0.3, 0.4) is 0 Å². The van der Waals surface area contributed by atoms with Crippen LogP contribution in [0.25, 0.3) is 0 Å². The Bertz CT molecular complexity index is 539. The normalized spacial score (nSPS) is 30.1. The van der Waals surface area contributed by atoms with E-state index in [2.05, 4.69) is 29.2 Å². The van der Waals surface area contributed by atoms with Crippen LogP contribution in [0.1, 0.15) is 38.2 Å². The highest BCUT2D eigenvalue weighted by Gasteiger charge is 2.52. The minimum Gasteiger partial charge on any atom is -0.466 e. The Hall–Kier alpha value is -1.10. The van der Waals surface area contributed by atoms with Crippen LogP contribution in [0.15, 0.2) is 30.3 Å². The molecule has 0 bridgehead atoms. The molecule has 1 heterocycles. The van der Waals surface area contributed by atoms with Crippen molar-refractivity contribution in [3.05, 3.63) is 35.9 Å². The van der Waals surface area contributed by atoms with Crippen LogP contribution in [-0.4, -0.2) is 41.8 Å². The topological polar surface area (TPSA) is 49.8 Å². The van der Waals surface area contributed by atoms with E-state index in [1.165, 1.54) is 5.56 Å². The predicted octanol–water partition coefficient (Wildman–Crippen LogP) is 3.02. The van der Waals surface area contributed by atoms with Gasteiger partial charge in [0.1, 0.15) is 0 Å². The molecular weight excluding hydrogens is 326 g/mol. The lowest BCUT2D eigenvalue weighted by atomic mass is 9.62. The highest BCUT2D eigenvalue weighted by molar-refractivity contribution is 5.85. The summed E-state index contributed by atoms with van der Waals surface area (Å²) in [7, 11) is 0. The molecule has 0 radical (unpaired) electrons. The average Bonchev–Trinajstić information content (AvgIpc) is 2.56. The van der Waals surface area contributed by atoms with Crippen molar-refractivity contribution >= 4 is 18.4 Å². The van der Waals surface area contributed by atoms with Crippen LogP contribution in [0.2, 0.25) is 0 Å². The number of aliphatic hydroxyl groups is 1. The first kappa shape index (κ1) is 19.2. The average molecular weight is 354 g/mol. The fourth-order valence-electron chi connectivity index (χ4n) is 4.30. The number of esters is 1. The van der Waals surface area contributed by atoms with E-state index in [0.29, 0.717) is 13.0 Å². The van der Waals surface area contributed by atoms with Crippen molar-refractivity contribution < 1.29 is 14.6 Å². The molecule has 0 spiro atoms. The van der Waals surface area contributed by atoms with E-state index in [9.17, 15) is 9.90 Å². The molecule has 2 fully saturated rings. The lowest BCUT2D eigenvalue weighted by Crippen LogP contribution is -2.56. The number of carbonyl (C=O) groups is 1. The van der Waals surface area contributed by atoms with Crippen LogP contribution in [-0.2, 0) is 16.1 Å². The van der Waals surface area contributed by atoms with Gasteiger partial charge in [-0.05, 0) is 50.6 Å². The zero-order valence-corrected chi connectivity index (χ0v) is 15.1. The number of nitrogens with zero attached hydrogens (tertiary/aromatic N) is 1. The summed E-state index contributed by atoms with van der Waals surface area (Å²) >= 11 is 0. The molecule has 134 valence electrons. The van der Waals surface area contributed by atoms with Crippen LogP contribution < -0.4 is 0 Å². The van der Waals surface area contributed by atoms with Gasteiger partial charge in [-0.15, -0.1) is 12.4 Å². The van der Waals surface area contributed by atoms with E-state index in [4.69, 9.17) is 4.74 Å². The van der Waals surface area contributed by atoms with Crippen LogP contribution in [0, 0.1) is 11.3 Å². The molecule has 1 aliphatic heterocycles. The summed E-state index contributed by atoms with van der Waals surface area (Å²) in [6, 6.07) is 10.4. The summed E-state index contributed by atoms with van der Waals surface area (Å²) in [5, 5.41) is 10.0. The number of carbonyl (C=O) groups excluding carboxylic acids is 1. The number of hydrogen-bond acceptors (Lipinski definition) is 4. The molecule has 4 nitrogen and oxygen atoms in total. The third-order valence-electron chi connectivity index (χ3n) is 5.49. The van der Waals surface area contributed by atoms with Gasteiger partial charge in [0, 0.05) is 13.1 Å². The third-order valence-corrected chi connectivity index (χ3v) is 5.49. The van der Waals surface area contributed by atoms with Crippen molar-refractivity contribution in [2.75, 3.05) is 19.7 Å². The van der Waals surface area contributed by atoms with Gasteiger partial charge in [0.15, 0.2) is 0 Å². The second-order valence-electron chi connectivity index (χ2n) is 6.99. The number of rotatable bonds is 4. The highest BCUT2D eigenvalue weighted by atomic mass is 35.5. The number of ether oxygens (including phenoxy) is 1. The van der Waals surface area contributed by atoms with Crippen molar-refractivity contribution in [2.24, 2.45) is 11.3 Å². The molecule has 1 aromatic carbocycles. The maximum absolute atomic E-state index is 12.7. The summed E-state index contributed by atoms with van der Waals surface area (Å²) in [5.41, 5.74) is 0.850. The second-order valence-corrected chi connectivity index (χ2v) is 6.99. The van der Waals surface area contributed by atoms with Crippen LogP contribution >= 0.6 is 12.4 Å². The molecule has 3 atom stereocenters. The molecular formula is C19H28ClNO3. The van der Waals surface area contributed by atoms with Gasteiger partial charge in [-0.1, -0.05) is 30.3 Å². The first-order chi connectivity index (χ1) is 11.1. The molecule has 24 heavy (non-hydrogen) atoms. The molecule has 3 rings (SSSR count). The SMILES string of the molecule is CCOC(=O)C12CCC(O)CC1CCN(Cc1ccccc1)C2.Cl. The number of aliphatic hydroxyl groups excluding tert-OH is 1. The molecule has 5 heteroatoms. The number of fused-ring (bicyclic) bond motifs is 1. The largest absolute Gasteiger partial charge is 0.466 e. The van der Waals surface area contributed by atoms with Crippen molar-refractivity contribution in [1.82, 2.24) is 4.90 Å². The second kappa shape index (κ2) is 8.32. The summed E-state index contributed by atoms with van der Waals surface area (Å²) in [6.07, 6.45) is 2.88. The lowest BCUT2D eigenvalue weighted by Gasteiger charge is -2.50. The number of benzene rings is 1. The number of likely N-dealkylation sites (tertiary alicyclic amines) is 1. The molecule has 3 unspecified atom stereocenters. The van der Waals surface area contributed by atoms with Crippen molar-refractivity contribution in [3.8, 4) is 0 Å². The Morgan fingerprint density at radius 3 is 2.79 bits per heavy atom. The van der Waals surface area contributed by atoms with Gasteiger partial charge in [0.05, 0.1) is 18.1 Å². The molecule has 1 saturated heterocycles. The lowest BCUT2D eigenvalue weighted by molar-refractivity contribution is -0.170. The summed E-state index contributed by atoms with van der Waals surface area (Å²) in [6.45, 7) is 4.89. The Balaban J connectivity index is 0.00000208. The maximum atomic E-state index is 12.7. The van der Waals surface area contributed by atoms with Crippen molar-refractivity contribution in [1.29, 1.82) is 0 Å². The third kappa shape index (κ3) is 3.93. The van der Waals surface area contributed by atoms with Gasteiger partial charge in [-0.25, -0.2) is 0 Å². The Kier molecular flexibility index (Phi) is 6.67. The molecule has 2 aliphatic rings. The fraction of sp³-hybridized carbons (Fsp3) is 0.632. The Morgan fingerprint density at radius 1 is 1.33 bits per heavy atom. The standard InChI is InChI=1S/C19H27NO3.ClH/c1-2-23-18(22)19-10-8-17(21)12-16(19)9-11-20(14-19)13-15-6-4-3-5-7-15;/h3-7,16-17,21H,2,8-14H2,1H3;1H. The fourth-order valence-corrected chi connectivity index (χ4v) is 4.30. The summed E-state index contributed by atoms with van der Waals surface area (Å²) in [4.78, 5) is 15.1. The summed E-state index contributed by atoms with van der Waals surface area (Å²) < 4.78 is 5.43. The Labute approximate surface area is 150 Å². The zero-order chi connectivity index (χ0) is 16.3. The van der Waals surface area contributed by atoms with Crippen molar-refractivity contribution in [3.63, 3.8) is 0 Å². The molecule has 1 aliphatic carbocycles. The van der Waals surface area contributed by atoms with Crippen LogP contribution in [0.5, 0.6) is 0 Å². The van der Waals surface area contributed by atoms with Crippen LogP contribution in [0.4, 0.5) is 0 Å². The first-order valence-electron chi connectivity index (χ1n) is 8.75. The molecule has 0 aromatic heterocycles. The van der Waals surface area contributed by atoms with Gasteiger partial charge in [-0.3, -0.25) is 9.69 Å². The van der Waals surface area contributed by atoms with Gasteiger partial charge in [-0.2, -0.15) is 0 Å². The van der Waals surface area contributed by atoms with E-state index < -0.39 is 5.41 Å². The molecule has 1 N–H and O–H groups in total. The Morgan fingerprint density at radius 2 is 2.08 bits per heavy atom. The minimum absolute atomic E-state index is 0. The monoisotopic (exact) mass is 353 g/mol. The number of hydrogen-bond donors (Lipinski definition) is 1. The van der Waals surface area contributed by atoms with Gasteiger partial charge in [0.2, 0.25) is 0 Å². The van der Waals surface area contributed by atoms with E-state index in [1.807, 2.05) is 13.0 Å². The molecule has 0 amide bonds. The molecule has 1 aromatic rings. The quantitative estimate of drug-likeness (QED) is 0.845. The molecule has 1 saturated carbocycles. The smallest absolute Gasteiger partial charge is 0.313 e. The maximum Gasteiger partial charge on any atom is 0.313 e. The minimum atomic E-state index is -0.428. The van der Waals surface area contributed by atoms with Gasteiger partial charge < -0.3 is 9.84 Å². The van der Waals surface area contributed by atoms with E-state index >= 15 is 0 Å². The highest BCUT2D eigenvalue weighted by Crippen LogP contribution is 2.47. The van der Waals surface area contributed by atoms with Gasteiger partial charge in [0.25, 0.3) is 0 Å². The number of halogens is 1. The predicted molar refractivity (Wildman–Crippen MR) is 96.0 cm³/mol. The first-order valence-corrected chi connectivity index (χ1v) is 8.75. The van der Waals surface area contributed by atoms with Crippen molar-refractivity contribution in [2.45, 2.75) is 45.3 Å². The number of piperidine rings is 1. The zero-order valence-electron chi connectivity index (χ0n) is 14.3. The van der Waals surface area contributed by atoms with Gasteiger partial charge >= 0.3 is 5.97 Å².